The van der Waals surface area contributed by atoms with Crippen molar-refractivity contribution in [3.8, 4) is 0 Å². The molecule has 0 aromatic carbocycles. The Morgan fingerprint density at radius 1 is 1.44 bits per heavy atom. The van der Waals surface area contributed by atoms with E-state index in [-0.39, 0.29) is 11.6 Å². The number of aromatic nitrogens is 2. The van der Waals surface area contributed by atoms with Gasteiger partial charge < -0.3 is 20.7 Å². The van der Waals surface area contributed by atoms with Gasteiger partial charge in [-0.25, -0.2) is 9.78 Å². The van der Waals surface area contributed by atoms with Gasteiger partial charge in [0.2, 0.25) is 5.91 Å². The lowest BCUT2D eigenvalue weighted by molar-refractivity contribution is -0.121. The number of carboxylic acids is 1. The Kier molecular flexibility index (Phi) is 5.86. The molecule has 18 heavy (non-hydrogen) atoms. The molecule has 0 radical (unpaired) electrons. The summed E-state index contributed by atoms with van der Waals surface area (Å²) in [6.45, 7) is 1.56. The first kappa shape index (κ1) is 14.2. The summed E-state index contributed by atoms with van der Waals surface area (Å²) in [5, 5.41) is 11.4. The summed E-state index contributed by atoms with van der Waals surface area (Å²) in [5.74, 6) is -1.07. The molecule has 4 N–H and O–H groups in total. The third kappa shape index (κ3) is 4.96. The minimum Gasteiger partial charge on any atom is -0.476 e. The second-order valence-electron chi connectivity index (χ2n) is 3.90. The van der Waals surface area contributed by atoms with Crippen molar-refractivity contribution in [1.29, 1.82) is 0 Å². The van der Waals surface area contributed by atoms with E-state index >= 15 is 0 Å². The van der Waals surface area contributed by atoms with E-state index in [1.165, 1.54) is 12.5 Å². The predicted octanol–water partition coefficient (Wildman–Crippen LogP) is -0.173. The van der Waals surface area contributed by atoms with Crippen LogP contribution < -0.4 is 11.1 Å². The number of nitrogens with two attached hydrogens (primary N) is 1. The number of aromatic carboxylic acids is 1. The Labute approximate surface area is 105 Å². The molecule has 0 atom stereocenters. The molecule has 1 aromatic rings. The van der Waals surface area contributed by atoms with E-state index in [4.69, 9.17) is 10.8 Å². The topological polar surface area (TPSA) is 110 Å². The Bertz CT molecular complexity index is 403. The highest BCUT2D eigenvalue weighted by molar-refractivity contribution is 5.84. The zero-order valence-electron chi connectivity index (χ0n) is 10.1. The number of nitrogens with zero attached hydrogens (tertiary/aromatic N) is 2. The lowest BCUT2D eigenvalue weighted by Crippen LogP contribution is -2.26. The number of imidazole rings is 1. The summed E-state index contributed by atoms with van der Waals surface area (Å²) in [4.78, 5) is 25.6. The van der Waals surface area contributed by atoms with E-state index in [1.807, 2.05) is 0 Å². The minimum atomic E-state index is -1.06. The van der Waals surface area contributed by atoms with Gasteiger partial charge in [-0.3, -0.25) is 4.79 Å². The quantitative estimate of drug-likeness (QED) is 0.558. The van der Waals surface area contributed by atoms with Crippen molar-refractivity contribution >= 4 is 11.9 Å². The molecule has 0 aliphatic carbocycles. The Morgan fingerprint density at radius 2 is 2.22 bits per heavy atom. The number of amides is 1. The molecule has 0 aliphatic rings. The van der Waals surface area contributed by atoms with Crippen LogP contribution in [0.15, 0.2) is 12.5 Å². The van der Waals surface area contributed by atoms with E-state index in [0.29, 0.717) is 26.1 Å². The smallest absolute Gasteiger partial charge is 0.356 e. The first-order chi connectivity index (χ1) is 8.63. The van der Waals surface area contributed by atoms with Gasteiger partial charge in [0.25, 0.3) is 0 Å². The summed E-state index contributed by atoms with van der Waals surface area (Å²) in [7, 11) is 0. The normalized spacial score (nSPS) is 10.3. The molecule has 1 heterocycles. The van der Waals surface area contributed by atoms with E-state index in [0.717, 1.165) is 12.8 Å². The van der Waals surface area contributed by atoms with Gasteiger partial charge >= 0.3 is 5.97 Å². The van der Waals surface area contributed by atoms with Gasteiger partial charge in [0.1, 0.15) is 0 Å². The minimum absolute atomic E-state index is 0.00396. The van der Waals surface area contributed by atoms with Crippen molar-refractivity contribution in [1.82, 2.24) is 14.9 Å². The van der Waals surface area contributed by atoms with Crippen LogP contribution in [0.3, 0.4) is 0 Å². The molecule has 0 fully saturated rings. The van der Waals surface area contributed by atoms with Crippen LogP contribution in [0.1, 0.15) is 29.8 Å². The molecule has 7 heteroatoms. The Morgan fingerprint density at radius 3 is 2.83 bits per heavy atom. The highest BCUT2D eigenvalue weighted by Gasteiger charge is 2.06. The van der Waals surface area contributed by atoms with Gasteiger partial charge in [-0.15, -0.1) is 0 Å². The fourth-order valence-electron chi connectivity index (χ4n) is 1.44. The lowest BCUT2D eigenvalue weighted by Gasteiger charge is -2.05. The van der Waals surface area contributed by atoms with Crippen LogP contribution in [-0.2, 0) is 11.3 Å². The molecule has 1 rings (SSSR count). The fourth-order valence-corrected chi connectivity index (χ4v) is 1.44. The molecular weight excluding hydrogens is 236 g/mol. The van der Waals surface area contributed by atoms with E-state index < -0.39 is 5.97 Å². The molecule has 0 bridgehead atoms. The van der Waals surface area contributed by atoms with Gasteiger partial charge in [-0.1, -0.05) is 0 Å². The van der Waals surface area contributed by atoms with Gasteiger partial charge in [-0.05, 0) is 19.4 Å². The summed E-state index contributed by atoms with van der Waals surface area (Å²) < 4.78 is 1.63. The fraction of sp³-hybridized carbons (Fsp3) is 0.545. The number of unbranched alkanes of at least 4 members (excludes halogenated alkanes) is 1. The van der Waals surface area contributed by atoms with Gasteiger partial charge in [0.05, 0.1) is 6.33 Å². The molecule has 7 nitrogen and oxygen atoms in total. The van der Waals surface area contributed by atoms with Gasteiger partial charge in [-0.2, -0.15) is 0 Å². The van der Waals surface area contributed by atoms with Crippen molar-refractivity contribution in [2.45, 2.75) is 25.8 Å². The molecular formula is C11H18N4O3. The van der Waals surface area contributed by atoms with Crippen molar-refractivity contribution in [3.05, 3.63) is 18.2 Å². The van der Waals surface area contributed by atoms with E-state index in [1.54, 1.807) is 4.57 Å². The van der Waals surface area contributed by atoms with Crippen molar-refractivity contribution in [3.63, 3.8) is 0 Å². The average molecular weight is 254 g/mol. The van der Waals surface area contributed by atoms with Crippen molar-refractivity contribution in [2.24, 2.45) is 5.73 Å². The maximum absolute atomic E-state index is 11.4. The SMILES string of the molecule is NCCCCC(=O)NCCn1cnc(C(=O)O)c1. The van der Waals surface area contributed by atoms with Crippen LogP contribution in [0.2, 0.25) is 0 Å². The highest BCUT2D eigenvalue weighted by atomic mass is 16.4. The molecule has 0 unspecified atom stereocenters. The maximum Gasteiger partial charge on any atom is 0.356 e. The van der Waals surface area contributed by atoms with Gasteiger partial charge in [0.15, 0.2) is 5.69 Å². The summed E-state index contributed by atoms with van der Waals surface area (Å²) in [5.41, 5.74) is 5.33. The molecule has 0 saturated carbocycles. The van der Waals surface area contributed by atoms with Crippen molar-refractivity contribution in [2.75, 3.05) is 13.1 Å². The van der Waals surface area contributed by atoms with Crippen LogP contribution in [-0.4, -0.2) is 39.6 Å². The Hall–Kier alpha value is -1.89. The van der Waals surface area contributed by atoms with E-state index in [9.17, 15) is 9.59 Å². The predicted molar refractivity (Wildman–Crippen MR) is 65.1 cm³/mol. The monoisotopic (exact) mass is 254 g/mol. The van der Waals surface area contributed by atoms with Crippen molar-refractivity contribution < 1.29 is 14.7 Å². The molecule has 100 valence electrons. The summed E-state index contributed by atoms with van der Waals surface area (Å²) in [6, 6.07) is 0. The molecule has 0 spiro atoms. The van der Waals surface area contributed by atoms with Crippen LogP contribution >= 0.6 is 0 Å². The molecule has 0 saturated heterocycles. The zero-order chi connectivity index (χ0) is 13.4. The average Bonchev–Trinajstić information content (AvgIpc) is 2.78. The summed E-state index contributed by atoms with van der Waals surface area (Å²) >= 11 is 0. The number of rotatable bonds is 8. The zero-order valence-corrected chi connectivity index (χ0v) is 10.1. The Balaban J connectivity index is 2.20. The third-order valence-corrected chi connectivity index (χ3v) is 2.40. The highest BCUT2D eigenvalue weighted by Crippen LogP contribution is 1.96. The number of carbonyl (C=O) groups excluding carboxylic acids is 1. The number of carboxylic acid groups (broad SMARTS) is 1. The van der Waals surface area contributed by atoms with Crippen LogP contribution in [0, 0.1) is 0 Å². The second-order valence-corrected chi connectivity index (χ2v) is 3.90. The van der Waals surface area contributed by atoms with Crippen LogP contribution in [0.4, 0.5) is 0 Å². The summed E-state index contributed by atoms with van der Waals surface area (Å²) in [6.07, 6.45) is 4.97. The van der Waals surface area contributed by atoms with Gasteiger partial charge in [0, 0.05) is 25.7 Å². The second kappa shape index (κ2) is 7.44. The van der Waals surface area contributed by atoms with Crippen LogP contribution in [0.5, 0.6) is 0 Å². The molecule has 0 aliphatic heterocycles. The third-order valence-electron chi connectivity index (χ3n) is 2.40. The largest absolute Gasteiger partial charge is 0.476 e. The first-order valence-electron chi connectivity index (χ1n) is 5.85. The standard InChI is InChI=1S/C11H18N4O3/c12-4-2-1-3-10(16)13-5-6-15-7-9(11(17)18)14-8-15/h7-8H,1-6,12H2,(H,13,16)(H,17,18). The number of nitrogens with one attached hydrogen (secondary N) is 1. The lowest BCUT2D eigenvalue weighted by atomic mass is 10.2. The molecule has 1 aromatic heterocycles. The number of carbonyl (C=O) groups is 2. The molecule has 1 amide bonds. The number of hydrogen-bond acceptors (Lipinski definition) is 4. The van der Waals surface area contributed by atoms with Crippen LogP contribution in [0.25, 0.3) is 0 Å². The maximum atomic E-state index is 11.4. The first-order valence-corrected chi connectivity index (χ1v) is 5.85. The van der Waals surface area contributed by atoms with E-state index in [2.05, 4.69) is 10.3 Å². The number of hydrogen-bond donors (Lipinski definition) is 3.